The van der Waals surface area contributed by atoms with Gasteiger partial charge in [-0.2, -0.15) is 0 Å². The zero-order valence-corrected chi connectivity index (χ0v) is 30.6. The number of likely N-dealkylation sites (N-methyl/N-ethyl adjacent to an activating group) is 1. The minimum absolute atomic E-state index is 0.160. The van der Waals surface area contributed by atoms with Crippen molar-refractivity contribution in [2.24, 2.45) is 0 Å². The van der Waals surface area contributed by atoms with Gasteiger partial charge in [0.25, 0.3) is 20.1 Å². The van der Waals surface area contributed by atoms with E-state index in [9.17, 15) is 9.59 Å². The summed E-state index contributed by atoms with van der Waals surface area (Å²) in [6.45, 7) is 9.03. The predicted molar refractivity (Wildman–Crippen MR) is 206 cm³/mol. The average Bonchev–Trinajstić information content (AvgIpc) is 3.76. The van der Waals surface area contributed by atoms with Crippen LogP contribution < -0.4 is 10.4 Å². The number of hydrogen-bond acceptors (Lipinski definition) is 4. The molecule has 0 saturated heterocycles. The number of amides is 2. The highest BCUT2D eigenvalue weighted by Gasteiger charge is 2.50. The molecule has 0 aliphatic carbocycles. The first kappa shape index (κ1) is 33.1. The molecule has 0 radical (unpaired) electrons. The Morgan fingerprint density at radius 3 is 1.67 bits per heavy atom. The van der Waals surface area contributed by atoms with Crippen molar-refractivity contribution in [3.63, 3.8) is 0 Å². The Kier molecular flexibility index (Phi) is 8.41. The first-order chi connectivity index (χ1) is 24.7. The first-order valence-electron chi connectivity index (χ1n) is 17.8. The molecule has 0 fully saturated rings. The van der Waals surface area contributed by atoms with Gasteiger partial charge < -0.3 is 18.3 Å². The molecular weight excluding hydrogens is 651 g/mol. The third-order valence-electron chi connectivity index (χ3n) is 10.7. The Bertz CT molecular complexity index is 2260. The van der Waals surface area contributed by atoms with Crippen LogP contribution in [-0.4, -0.2) is 60.5 Å². The number of rotatable bonds is 5. The third-order valence-corrected chi connectivity index (χ3v) is 15.7. The second-order valence-corrected chi connectivity index (χ2v) is 19.0. The number of benzene rings is 4. The molecule has 4 heterocycles. The standard InChI is InChI=1S/C43H43N3O4Si/c1-43(2,3)51(31-15-7-5-8-16-31,32-17-9-6-10-18-32)50-29-30-23-24-45-27-35(33-19-11-13-21-37(33)45)39-40(42(48)44(4)41(39)47)36-28-46(25-26-49-30)38-22-14-12-20-34(36)38/h5-22,27-28,30H,23-26,29H2,1-4H3/t30-/m0/s1. The van der Waals surface area contributed by atoms with Crippen molar-refractivity contribution in [1.82, 2.24) is 14.0 Å². The molecule has 4 bridgehead atoms. The van der Waals surface area contributed by atoms with Gasteiger partial charge in [0.15, 0.2) is 0 Å². The summed E-state index contributed by atoms with van der Waals surface area (Å²) in [7, 11) is -1.22. The van der Waals surface area contributed by atoms with Gasteiger partial charge in [0.05, 0.1) is 30.5 Å². The minimum Gasteiger partial charge on any atom is -0.405 e. The smallest absolute Gasteiger partial charge is 0.261 e. The number of nitrogens with zero attached hydrogens (tertiary/aromatic N) is 3. The van der Waals surface area contributed by atoms with Gasteiger partial charge in [0.2, 0.25) is 0 Å². The van der Waals surface area contributed by atoms with Crippen LogP contribution >= 0.6 is 0 Å². The van der Waals surface area contributed by atoms with Crippen molar-refractivity contribution in [2.45, 2.75) is 51.4 Å². The molecule has 6 aromatic rings. The van der Waals surface area contributed by atoms with Crippen LogP contribution in [0.25, 0.3) is 33.0 Å². The van der Waals surface area contributed by atoms with Crippen molar-refractivity contribution < 1.29 is 18.8 Å². The summed E-state index contributed by atoms with van der Waals surface area (Å²) < 4.78 is 18.6. The fourth-order valence-electron chi connectivity index (χ4n) is 8.20. The Morgan fingerprint density at radius 2 is 1.16 bits per heavy atom. The van der Waals surface area contributed by atoms with E-state index in [0.29, 0.717) is 43.9 Å². The molecule has 0 saturated carbocycles. The van der Waals surface area contributed by atoms with Crippen LogP contribution in [0.5, 0.6) is 0 Å². The van der Waals surface area contributed by atoms with Crippen LogP contribution in [0.3, 0.4) is 0 Å². The van der Waals surface area contributed by atoms with Crippen LogP contribution in [0.4, 0.5) is 0 Å². The maximum Gasteiger partial charge on any atom is 0.261 e. The summed E-state index contributed by atoms with van der Waals surface area (Å²) >= 11 is 0. The number of carbonyl (C=O) groups is 2. The van der Waals surface area contributed by atoms with Gasteiger partial charge in [0.1, 0.15) is 0 Å². The molecule has 1 atom stereocenters. The predicted octanol–water partition coefficient (Wildman–Crippen LogP) is 6.87. The van der Waals surface area contributed by atoms with E-state index >= 15 is 0 Å². The quantitative estimate of drug-likeness (QED) is 0.146. The van der Waals surface area contributed by atoms with E-state index in [1.54, 1.807) is 7.05 Å². The SMILES string of the molecule is CN1C(=O)C2=C(C1=O)c1cn(c3ccccc13)CC[C@@H](CO[Si](c1ccccc1)(c1ccccc1)C(C)(C)C)OCCn1cc2c2ccccc21. The van der Waals surface area contributed by atoms with Crippen LogP contribution in [-0.2, 0) is 31.8 Å². The molecule has 51 heavy (non-hydrogen) atoms. The fraction of sp³-hybridized carbons (Fsp3) is 0.256. The summed E-state index contributed by atoms with van der Waals surface area (Å²) in [6, 6.07) is 37.7. The molecule has 2 aliphatic heterocycles. The molecular formula is C43H43N3O4Si. The largest absolute Gasteiger partial charge is 0.405 e. The lowest BCUT2D eigenvalue weighted by Crippen LogP contribution is -2.67. The van der Waals surface area contributed by atoms with Crippen molar-refractivity contribution in [1.29, 1.82) is 0 Å². The Hall–Kier alpha value is -5.02. The Balaban J connectivity index is 1.24. The molecule has 258 valence electrons. The Morgan fingerprint density at radius 1 is 0.686 bits per heavy atom. The number of para-hydroxylation sites is 2. The fourth-order valence-corrected chi connectivity index (χ4v) is 12.8. The number of aryl methyl sites for hydroxylation is 1. The topological polar surface area (TPSA) is 65.7 Å². The lowest BCUT2D eigenvalue weighted by atomic mass is 9.95. The van der Waals surface area contributed by atoms with Gasteiger partial charge >= 0.3 is 0 Å². The summed E-state index contributed by atoms with van der Waals surface area (Å²) in [4.78, 5) is 29.0. The first-order valence-corrected chi connectivity index (χ1v) is 19.7. The van der Waals surface area contributed by atoms with Gasteiger partial charge in [-0.25, -0.2) is 0 Å². The molecule has 0 N–H and O–H groups in total. The van der Waals surface area contributed by atoms with E-state index in [1.165, 1.54) is 15.3 Å². The molecule has 0 spiro atoms. The van der Waals surface area contributed by atoms with Crippen LogP contribution in [0.2, 0.25) is 5.04 Å². The lowest BCUT2D eigenvalue weighted by Gasteiger charge is -2.43. The molecule has 4 aromatic carbocycles. The molecule has 8 heteroatoms. The highest BCUT2D eigenvalue weighted by molar-refractivity contribution is 6.99. The van der Waals surface area contributed by atoms with Gasteiger partial charge in [0, 0.05) is 65.5 Å². The molecule has 2 aliphatic rings. The summed E-state index contributed by atoms with van der Waals surface area (Å²) in [5.74, 6) is -0.555. The van der Waals surface area contributed by atoms with Gasteiger partial charge in [-0.15, -0.1) is 0 Å². The van der Waals surface area contributed by atoms with Gasteiger partial charge in [-0.1, -0.05) is 118 Å². The van der Waals surface area contributed by atoms with E-state index in [1.807, 2.05) is 42.6 Å². The monoisotopic (exact) mass is 693 g/mol. The Labute approximate surface area is 299 Å². The van der Waals surface area contributed by atoms with E-state index in [0.717, 1.165) is 32.9 Å². The van der Waals surface area contributed by atoms with Crippen molar-refractivity contribution >= 4 is 63.5 Å². The van der Waals surface area contributed by atoms with Gasteiger partial charge in [-0.3, -0.25) is 14.5 Å². The van der Waals surface area contributed by atoms with E-state index in [4.69, 9.17) is 9.16 Å². The number of aromatic nitrogens is 2. The number of fused-ring (bicyclic) bond motifs is 12. The summed E-state index contributed by atoms with van der Waals surface area (Å²) in [5.41, 5.74) is 4.46. The minimum atomic E-state index is -2.79. The van der Waals surface area contributed by atoms with E-state index in [2.05, 4.69) is 109 Å². The van der Waals surface area contributed by atoms with E-state index < -0.39 is 8.32 Å². The zero-order chi connectivity index (χ0) is 35.3. The number of hydrogen-bond donors (Lipinski definition) is 0. The number of imide groups is 1. The molecule has 2 aromatic heterocycles. The van der Waals surface area contributed by atoms with Crippen LogP contribution in [0, 0.1) is 0 Å². The van der Waals surface area contributed by atoms with Crippen LogP contribution in [0.1, 0.15) is 38.3 Å². The van der Waals surface area contributed by atoms with Crippen molar-refractivity contribution in [3.05, 3.63) is 133 Å². The molecule has 8 rings (SSSR count). The second kappa shape index (κ2) is 12.9. The summed E-state index contributed by atoms with van der Waals surface area (Å²) in [6.07, 6.45) is 4.57. The lowest BCUT2D eigenvalue weighted by molar-refractivity contribution is -0.134. The highest BCUT2D eigenvalue weighted by atomic mass is 28.4. The summed E-state index contributed by atoms with van der Waals surface area (Å²) in [5, 5.41) is 4.20. The maximum absolute atomic E-state index is 13.9. The molecule has 7 nitrogen and oxygen atoms in total. The average molecular weight is 694 g/mol. The molecule has 0 unspecified atom stereocenters. The second-order valence-electron chi connectivity index (χ2n) is 14.7. The normalized spacial score (nSPS) is 17.3. The highest BCUT2D eigenvalue weighted by Crippen LogP contribution is 2.42. The number of carbonyl (C=O) groups excluding carboxylic acids is 2. The molecule has 2 amide bonds. The maximum atomic E-state index is 13.9. The third kappa shape index (κ3) is 5.49. The zero-order valence-electron chi connectivity index (χ0n) is 29.6. The van der Waals surface area contributed by atoms with E-state index in [-0.39, 0.29) is 23.0 Å². The van der Waals surface area contributed by atoms with Crippen molar-refractivity contribution in [3.8, 4) is 0 Å². The van der Waals surface area contributed by atoms with Crippen LogP contribution in [0.15, 0.2) is 122 Å². The van der Waals surface area contributed by atoms with Gasteiger partial charge in [-0.05, 0) is 34.0 Å². The number of ether oxygens (including phenoxy) is 1. The van der Waals surface area contributed by atoms with Crippen molar-refractivity contribution in [2.75, 3.05) is 20.3 Å².